The van der Waals surface area contributed by atoms with Crippen LogP contribution in [0.25, 0.3) is 0 Å². The van der Waals surface area contributed by atoms with Gasteiger partial charge in [0.15, 0.2) is 5.96 Å². The normalized spacial score (nSPS) is 20.7. The fourth-order valence-corrected chi connectivity index (χ4v) is 3.87. The smallest absolute Gasteiger partial charge is 0.248 e. The Morgan fingerprint density at radius 3 is 2.52 bits per heavy atom. The van der Waals surface area contributed by atoms with E-state index < -0.39 is 5.91 Å². The summed E-state index contributed by atoms with van der Waals surface area (Å²) in [5.41, 5.74) is 6.79. The summed E-state index contributed by atoms with van der Waals surface area (Å²) in [6, 6.07) is 7.41. The first-order valence-corrected chi connectivity index (χ1v) is 9.71. The number of rotatable bonds is 5. The number of nitrogens with two attached hydrogens (primary N) is 1. The fourth-order valence-electron chi connectivity index (χ4n) is 3.87. The van der Waals surface area contributed by atoms with E-state index in [0.717, 1.165) is 37.9 Å². The number of amides is 2. The van der Waals surface area contributed by atoms with Crippen LogP contribution in [-0.4, -0.2) is 48.9 Å². The summed E-state index contributed by atoms with van der Waals surface area (Å²) in [6.45, 7) is 2.15. The lowest BCUT2D eigenvalue weighted by Crippen LogP contribution is -2.45. The summed E-state index contributed by atoms with van der Waals surface area (Å²) in [7, 11) is 1.74. The lowest BCUT2D eigenvalue weighted by atomic mass is 10.1. The summed E-state index contributed by atoms with van der Waals surface area (Å²) in [4.78, 5) is 30.0. The molecule has 1 aromatic carbocycles. The Labute approximate surface area is 160 Å². The molecule has 3 rings (SSSR count). The van der Waals surface area contributed by atoms with Gasteiger partial charge in [0.25, 0.3) is 0 Å². The van der Waals surface area contributed by atoms with E-state index in [2.05, 4.69) is 15.6 Å². The molecule has 0 bridgehead atoms. The SMILES string of the molecule is CN=C(NCc1ccc(C(N)=O)cc1)NC1CCN(C(=O)C2CCCC2)C1. The maximum absolute atomic E-state index is 12.6. The average Bonchev–Trinajstić information content (AvgIpc) is 3.37. The highest BCUT2D eigenvalue weighted by atomic mass is 16.2. The highest BCUT2D eigenvalue weighted by molar-refractivity contribution is 5.92. The molecule has 0 aromatic heterocycles. The van der Waals surface area contributed by atoms with Crippen LogP contribution < -0.4 is 16.4 Å². The molecule has 0 spiro atoms. The number of aliphatic imine (C=N–C) groups is 1. The van der Waals surface area contributed by atoms with E-state index in [9.17, 15) is 9.59 Å². The van der Waals surface area contributed by atoms with Gasteiger partial charge in [0.05, 0.1) is 0 Å². The second kappa shape index (κ2) is 8.88. The summed E-state index contributed by atoms with van der Waals surface area (Å²) in [5, 5.41) is 6.69. The molecular formula is C20H29N5O2. The Morgan fingerprint density at radius 1 is 1.19 bits per heavy atom. The van der Waals surface area contributed by atoms with Gasteiger partial charge in [-0.25, -0.2) is 0 Å². The first-order chi connectivity index (χ1) is 13.1. The number of nitrogens with zero attached hydrogens (tertiary/aromatic N) is 2. The van der Waals surface area contributed by atoms with Crippen LogP contribution in [0.5, 0.6) is 0 Å². The maximum Gasteiger partial charge on any atom is 0.248 e. The number of hydrogen-bond donors (Lipinski definition) is 3. The van der Waals surface area contributed by atoms with Gasteiger partial charge in [-0.2, -0.15) is 0 Å². The Bertz CT molecular complexity index is 695. The average molecular weight is 371 g/mol. The maximum atomic E-state index is 12.6. The number of likely N-dealkylation sites (tertiary alicyclic amines) is 1. The van der Waals surface area contributed by atoms with Crippen molar-refractivity contribution in [3.63, 3.8) is 0 Å². The predicted molar refractivity (Wildman–Crippen MR) is 105 cm³/mol. The molecule has 1 saturated carbocycles. The second-order valence-corrected chi connectivity index (χ2v) is 7.38. The molecule has 4 N–H and O–H groups in total. The molecule has 27 heavy (non-hydrogen) atoms. The van der Waals surface area contributed by atoms with Crippen molar-refractivity contribution in [2.45, 2.75) is 44.7 Å². The van der Waals surface area contributed by atoms with Crippen LogP contribution in [0.1, 0.15) is 48.0 Å². The number of carbonyl (C=O) groups excluding carboxylic acids is 2. The molecule has 146 valence electrons. The zero-order valence-corrected chi connectivity index (χ0v) is 15.9. The van der Waals surface area contributed by atoms with E-state index >= 15 is 0 Å². The van der Waals surface area contributed by atoms with E-state index in [1.165, 1.54) is 12.8 Å². The third-order valence-electron chi connectivity index (χ3n) is 5.47. The van der Waals surface area contributed by atoms with Crippen LogP contribution in [0.3, 0.4) is 0 Å². The van der Waals surface area contributed by atoms with Gasteiger partial charge in [-0.1, -0.05) is 25.0 Å². The lowest BCUT2D eigenvalue weighted by Gasteiger charge is -2.21. The summed E-state index contributed by atoms with van der Waals surface area (Å²) in [5.74, 6) is 0.859. The van der Waals surface area contributed by atoms with Crippen LogP contribution in [0.15, 0.2) is 29.3 Å². The van der Waals surface area contributed by atoms with Crippen molar-refractivity contribution in [2.24, 2.45) is 16.6 Å². The third kappa shape index (κ3) is 4.99. The minimum Gasteiger partial charge on any atom is -0.366 e. The molecule has 2 amide bonds. The molecule has 7 heteroatoms. The molecular weight excluding hydrogens is 342 g/mol. The monoisotopic (exact) mass is 371 g/mol. The molecule has 1 atom stereocenters. The molecule has 1 aliphatic carbocycles. The third-order valence-corrected chi connectivity index (χ3v) is 5.47. The van der Waals surface area contributed by atoms with Gasteiger partial charge in [0, 0.05) is 44.2 Å². The number of carbonyl (C=O) groups is 2. The number of nitrogens with one attached hydrogen (secondary N) is 2. The Kier molecular flexibility index (Phi) is 6.32. The molecule has 2 aliphatic rings. The molecule has 7 nitrogen and oxygen atoms in total. The largest absolute Gasteiger partial charge is 0.366 e. The first-order valence-electron chi connectivity index (χ1n) is 9.71. The zero-order chi connectivity index (χ0) is 19.2. The molecule has 0 radical (unpaired) electrons. The van der Waals surface area contributed by atoms with Crippen molar-refractivity contribution in [1.82, 2.24) is 15.5 Å². The van der Waals surface area contributed by atoms with Crippen LogP contribution in [0.4, 0.5) is 0 Å². The zero-order valence-electron chi connectivity index (χ0n) is 15.9. The van der Waals surface area contributed by atoms with Gasteiger partial charge < -0.3 is 21.3 Å². The molecule has 1 aliphatic heterocycles. The number of benzene rings is 1. The van der Waals surface area contributed by atoms with Crippen LogP contribution in [-0.2, 0) is 11.3 Å². The van der Waals surface area contributed by atoms with Crippen molar-refractivity contribution >= 4 is 17.8 Å². The van der Waals surface area contributed by atoms with Crippen LogP contribution in [0, 0.1) is 5.92 Å². The minimum absolute atomic E-state index is 0.221. The van der Waals surface area contributed by atoms with Crippen molar-refractivity contribution in [3.8, 4) is 0 Å². The van der Waals surface area contributed by atoms with Gasteiger partial charge >= 0.3 is 0 Å². The van der Waals surface area contributed by atoms with E-state index in [1.54, 1.807) is 19.2 Å². The minimum atomic E-state index is -0.426. The van der Waals surface area contributed by atoms with E-state index in [1.807, 2.05) is 17.0 Å². The van der Waals surface area contributed by atoms with Crippen molar-refractivity contribution < 1.29 is 9.59 Å². The first kappa shape index (κ1) is 19.2. The molecule has 1 aromatic rings. The van der Waals surface area contributed by atoms with Gasteiger partial charge in [-0.15, -0.1) is 0 Å². The summed E-state index contributed by atoms with van der Waals surface area (Å²) in [6.07, 6.45) is 5.40. The van der Waals surface area contributed by atoms with E-state index in [0.29, 0.717) is 24.0 Å². The fraction of sp³-hybridized carbons (Fsp3) is 0.550. The molecule has 1 unspecified atom stereocenters. The van der Waals surface area contributed by atoms with Gasteiger partial charge in [0.2, 0.25) is 11.8 Å². The van der Waals surface area contributed by atoms with E-state index in [-0.39, 0.29) is 12.0 Å². The van der Waals surface area contributed by atoms with Gasteiger partial charge in [0.1, 0.15) is 0 Å². The Morgan fingerprint density at radius 2 is 1.89 bits per heavy atom. The van der Waals surface area contributed by atoms with Gasteiger partial charge in [-0.3, -0.25) is 14.6 Å². The quantitative estimate of drug-likeness (QED) is 0.536. The topological polar surface area (TPSA) is 99.8 Å². The highest BCUT2D eigenvalue weighted by Gasteiger charge is 2.32. The number of primary amides is 1. The Balaban J connectivity index is 1.46. The van der Waals surface area contributed by atoms with Crippen molar-refractivity contribution in [1.29, 1.82) is 0 Å². The molecule has 1 saturated heterocycles. The predicted octanol–water partition coefficient (Wildman–Crippen LogP) is 1.24. The van der Waals surface area contributed by atoms with E-state index in [4.69, 9.17) is 5.73 Å². The van der Waals surface area contributed by atoms with Crippen molar-refractivity contribution in [3.05, 3.63) is 35.4 Å². The lowest BCUT2D eigenvalue weighted by molar-refractivity contribution is -0.134. The second-order valence-electron chi connectivity index (χ2n) is 7.38. The number of hydrogen-bond acceptors (Lipinski definition) is 3. The van der Waals surface area contributed by atoms with Crippen LogP contribution in [0.2, 0.25) is 0 Å². The molecule has 2 fully saturated rings. The number of guanidine groups is 1. The van der Waals surface area contributed by atoms with Gasteiger partial charge in [-0.05, 0) is 37.0 Å². The van der Waals surface area contributed by atoms with Crippen molar-refractivity contribution in [2.75, 3.05) is 20.1 Å². The summed E-state index contributed by atoms with van der Waals surface area (Å²) < 4.78 is 0. The highest BCUT2D eigenvalue weighted by Crippen LogP contribution is 2.27. The summed E-state index contributed by atoms with van der Waals surface area (Å²) >= 11 is 0. The Hall–Kier alpha value is -2.57. The standard InChI is InChI=1S/C20H29N5O2/c1-22-20(23-12-14-6-8-15(9-7-14)18(21)26)24-17-10-11-25(13-17)19(27)16-4-2-3-5-16/h6-9,16-17H,2-5,10-13H2,1H3,(H2,21,26)(H2,22,23,24). The van der Waals surface area contributed by atoms with Crippen LogP contribution >= 0.6 is 0 Å². The molecule has 1 heterocycles.